The number of rotatable bonds is 5. The van der Waals surface area contributed by atoms with Gasteiger partial charge in [0.25, 0.3) is 6.01 Å². The number of ether oxygens (including phenoxy) is 2. The molecule has 10 heteroatoms. The lowest BCUT2D eigenvalue weighted by Gasteiger charge is -2.31. The summed E-state index contributed by atoms with van der Waals surface area (Å²) in [5, 5.41) is 19.6. The topological polar surface area (TPSA) is 105 Å². The Morgan fingerprint density at radius 1 is 1.17 bits per heavy atom. The van der Waals surface area contributed by atoms with Crippen molar-refractivity contribution in [3.63, 3.8) is 0 Å². The number of nitrogens with zero attached hydrogens (tertiary/aromatic N) is 3. The van der Waals surface area contributed by atoms with Gasteiger partial charge in [0.1, 0.15) is 18.0 Å². The third-order valence-electron chi connectivity index (χ3n) is 5.84. The summed E-state index contributed by atoms with van der Waals surface area (Å²) in [6.45, 7) is 6.96. The van der Waals surface area contributed by atoms with E-state index in [2.05, 4.69) is 19.8 Å². The highest BCUT2D eigenvalue weighted by Gasteiger charge is 2.31. The number of pyridine rings is 1. The van der Waals surface area contributed by atoms with Crippen molar-refractivity contribution in [1.29, 1.82) is 0 Å². The maximum Gasteiger partial charge on any atom is 0.296 e. The maximum atomic E-state index is 14.4. The van der Waals surface area contributed by atoms with Crippen LogP contribution in [0.3, 0.4) is 0 Å². The Kier molecular flexibility index (Phi) is 6.36. The quantitative estimate of drug-likeness (QED) is 0.352. The Labute approximate surface area is 204 Å². The van der Waals surface area contributed by atoms with E-state index in [1.165, 1.54) is 6.07 Å². The van der Waals surface area contributed by atoms with E-state index in [0.717, 1.165) is 5.56 Å². The molecule has 1 aliphatic rings. The monoisotopic (exact) mass is 494 g/mol. The number of hydrogen-bond donors (Lipinski definition) is 3. The molecule has 0 spiro atoms. The predicted molar refractivity (Wildman–Crippen MR) is 128 cm³/mol. The first-order valence-corrected chi connectivity index (χ1v) is 11.2. The number of hydrogen-bond acceptors (Lipinski definition) is 6. The van der Waals surface area contributed by atoms with Gasteiger partial charge in [-0.05, 0) is 17.7 Å². The zero-order valence-electron chi connectivity index (χ0n) is 18.3. The van der Waals surface area contributed by atoms with Crippen LogP contribution in [0.15, 0.2) is 48.5 Å². The number of nitrogens with one attached hydrogen (secondary N) is 1. The summed E-state index contributed by atoms with van der Waals surface area (Å²) >= 11 is 6.49. The minimum absolute atomic E-state index is 0.215. The van der Waals surface area contributed by atoms with Crippen LogP contribution in [0.2, 0.25) is 5.02 Å². The van der Waals surface area contributed by atoms with E-state index in [-0.39, 0.29) is 24.9 Å². The minimum Gasteiger partial charge on any atom is -0.459 e. The van der Waals surface area contributed by atoms with Crippen molar-refractivity contribution in [2.45, 2.75) is 24.7 Å². The van der Waals surface area contributed by atoms with E-state index in [1.807, 2.05) is 0 Å². The largest absolute Gasteiger partial charge is 0.459 e. The molecule has 0 aliphatic carbocycles. The van der Waals surface area contributed by atoms with Crippen molar-refractivity contribution >= 4 is 28.5 Å². The SMILES string of the molecule is [C-]#[N+]c1ccc(-c2ccc(-c3nc4nc(O[C@H]5CO[C@H](CO)[C@@H](O)C5)[nH]c4cc3Cl)cc2)c(F)c1. The zero-order valence-corrected chi connectivity index (χ0v) is 19.0. The summed E-state index contributed by atoms with van der Waals surface area (Å²) < 4.78 is 25.6. The van der Waals surface area contributed by atoms with E-state index >= 15 is 0 Å². The van der Waals surface area contributed by atoms with Crippen molar-refractivity contribution in [2.24, 2.45) is 0 Å². The van der Waals surface area contributed by atoms with Crippen molar-refractivity contribution in [2.75, 3.05) is 13.2 Å². The number of aromatic nitrogens is 3. The van der Waals surface area contributed by atoms with Crippen LogP contribution in [0.25, 0.3) is 38.4 Å². The van der Waals surface area contributed by atoms with Gasteiger partial charge in [-0.15, -0.1) is 0 Å². The van der Waals surface area contributed by atoms with E-state index in [4.69, 9.17) is 27.6 Å². The van der Waals surface area contributed by atoms with E-state index in [0.29, 0.717) is 39.4 Å². The summed E-state index contributed by atoms with van der Waals surface area (Å²) in [6, 6.07) is 13.4. The average Bonchev–Trinajstić information content (AvgIpc) is 3.24. The molecule has 0 unspecified atom stereocenters. The molecule has 5 rings (SSSR count). The van der Waals surface area contributed by atoms with Crippen LogP contribution >= 0.6 is 11.6 Å². The standard InChI is InChI=1S/C25H20ClFN4O4/c1-28-15-6-7-17(19(27)8-15)13-2-4-14(5-3-13)23-18(26)10-20-24(30-23)31-25(29-20)35-16-9-21(33)22(11-32)34-12-16/h2-8,10,16,21-22,32-33H,9,11-12H2,(H,29,30,31)/t16-,21+,22-/m1/s1. The highest BCUT2D eigenvalue weighted by Crippen LogP contribution is 2.33. The number of imidazole rings is 1. The smallest absolute Gasteiger partial charge is 0.296 e. The van der Waals surface area contributed by atoms with Gasteiger partial charge >= 0.3 is 0 Å². The van der Waals surface area contributed by atoms with Crippen LogP contribution in [-0.4, -0.2) is 56.7 Å². The van der Waals surface area contributed by atoms with Gasteiger partial charge in [0.05, 0.1) is 42.1 Å². The first-order chi connectivity index (χ1) is 16.9. The molecule has 0 radical (unpaired) electrons. The predicted octanol–water partition coefficient (Wildman–Crippen LogP) is 4.52. The number of benzene rings is 2. The van der Waals surface area contributed by atoms with Crippen molar-refractivity contribution in [3.8, 4) is 28.4 Å². The lowest BCUT2D eigenvalue weighted by atomic mass is 10.0. The molecule has 3 heterocycles. The highest BCUT2D eigenvalue weighted by atomic mass is 35.5. The van der Waals surface area contributed by atoms with Crippen LogP contribution in [-0.2, 0) is 4.74 Å². The lowest BCUT2D eigenvalue weighted by molar-refractivity contribution is -0.131. The molecule has 1 fully saturated rings. The van der Waals surface area contributed by atoms with Gasteiger partial charge in [0, 0.05) is 17.5 Å². The number of H-pyrrole nitrogens is 1. The number of aromatic amines is 1. The molecule has 1 aliphatic heterocycles. The second-order valence-corrected chi connectivity index (χ2v) is 8.59. The fourth-order valence-corrected chi connectivity index (χ4v) is 4.28. The molecule has 3 atom stereocenters. The zero-order chi connectivity index (χ0) is 24.5. The molecule has 4 aromatic rings. The first-order valence-electron chi connectivity index (χ1n) is 10.9. The van der Waals surface area contributed by atoms with Crippen molar-refractivity contribution in [1.82, 2.24) is 15.0 Å². The van der Waals surface area contributed by atoms with Crippen LogP contribution in [0.4, 0.5) is 10.1 Å². The van der Waals surface area contributed by atoms with E-state index in [1.54, 1.807) is 42.5 Å². The van der Waals surface area contributed by atoms with Gasteiger partial charge in [-0.1, -0.05) is 48.0 Å². The van der Waals surface area contributed by atoms with Gasteiger partial charge in [0.2, 0.25) is 0 Å². The Balaban J connectivity index is 1.37. The van der Waals surface area contributed by atoms with Crippen molar-refractivity contribution in [3.05, 3.63) is 70.8 Å². The Morgan fingerprint density at radius 2 is 1.94 bits per heavy atom. The van der Waals surface area contributed by atoms with Gasteiger partial charge in [-0.3, -0.25) is 0 Å². The molecule has 2 aromatic heterocycles. The number of aliphatic hydroxyl groups excluding tert-OH is 2. The molecule has 1 saturated heterocycles. The number of fused-ring (bicyclic) bond motifs is 1. The summed E-state index contributed by atoms with van der Waals surface area (Å²) in [5.74, 6) is -0.462. The van der Waals surface area contributed by atoms with Crippen LogP contribution in [0, 0.1) is 12.4 Å². The Bertz CT molecular complexity index is 1420. The lowest BCUT2D eigenvalue weighted by Crippen LogP contribution is -2.45. The normalized spacial score (nSPS) is 20.0. The highest BCUT2D eigenvalue weighted by molar-refractivity contribution is 6.33. The third-order valence-corrected chi connectivity index (χ3v) is 6.13. The molecule has 3 N–H and O–H groups in total. The maximum absolute atomic E-state index is 14.4. The molecule has 178 valence electrons. The molecule has 35 heavy (non-hydrogen) atoms. The Hall–Kier alpha value is -3.55. The molecular weight excluding hydrogens is 475 g/mol. The molecule has 8 nitrogen and oxygen atoms in total. The van der Waals surface area contributed by atoms with E-state index < -0.39 is 24.1 Å². The fraction of sp³-hybridized carbons (Fsp3) is 0.240. The molecule has 0 bridgehead atoms. The number of halogens is 2. The molecular formula is C25H20ClFN4O4. The summed E-state index contributed by atoms with van der Waals surface area (Å²) in [7, 11) is 0. The third kappa shape index (κ3) is 4.70. The van der Waals surface area contributed by atoms with Crippen LogP contribution in [0.5, 0.6) is 6.01 Å². The summed E-state index contributed by atoms with van der Waals surface area (Å²) in [6.07, 6.45) is -1.58. The minimum atomic E-state index is -0.829. The molecule has 0 saturated carbocycles. The van der Waals surface area contributed by atoms with Crippen LogP contribution in [0.1, 0.15) is 6.42 Å². The van der Waals surface area contributed by atoms with Gasteiger partial charge < -0.3 is 24.7 Å². The van der Waals surface area contributed by atoms with Gasteiger partial charge in [-0.25, -0.2) is 14.2 Å². The number of aliphatic hydroxyl groups is 2. The molecule has 2 aromatic carbocycles. The van der Waals surface area contributed by atoms with Gasteiger partial charge in [0.15, 0.2) is 11.3 Å². The summed E-state index contributed by atoms with van der Waals surface area (Å²) in [4.78, 5) is 15.2. The second-order valence-electron chi connectivity index (χ2n) is 8.18. The molecule has 0 amide bonds. The fourth-order valence-electron chi connectivity index (χ4n) is 4.01. The van der Waals surface area contributed by atoms with Crippen molar-refractivity contribution < 1.29 is 24.1 Å². The second kappa shape index (κ2) is 9.60. The first kappa shape index (κ1) is 23.2. The van der Waals surface area contributed by atoms with E-state index in [9.17, 15) is 14.6 Å². The Morgan fingerprint density at radius 3 is 2.63 bits per heavy atom. The van der Waals surface area contributed by atoms with Gasteiger partial charge in [-0.2, -0.15) is 4.98 Å². The van der Waals surface area contributed by atoms with Crippen LogP contribution < -0.4 is 4.74 Å². The average molecular weight is 495 g/mol. The summed E-state index contributed by atoms with van der Waals surface area (Å²) in [5.41, 5.74) is 3.52.